The molecule has 1 atom stereocenters. The lowest BCUT2D eigenvalue weighted by Gasteiger charge is -2.48. The lowest BCUT2D eigenvalue weighted by molar-refractivity contribution is 0.135. The molecule has 1 aliphatic carbocycles. The average molecular weight is 273 g/mol. The van der Waals surface area contributed by atoms with Crippen LogP contribution in [0.5, 0.6) is 0 Å². The Balaban J connectivity index is 1.56. The molecule has 2 N–H and O–H groups in total. The van der Waals surface area contributed by atoms with Gasteiger partial charge in [0, 0.05) is 27.9 Å². The summed E-state index contributed by atoms with van der Waals surface area (Å²) >= 11 is 1.79. The summed E-state index contributed by atoms with van der Waals surface area (Å²) in [7, 11) is 0. The van der Waals surface area contributed by atoms with Crippen molar-refractivity contribution < 1.29 is 0 Å². The first kappa shape index (κ1) is 11.7. The van der Waals surface area contributed by atoms with Crippen LogP contribution in [0.15, 0.2) is 23.7 Å². The van der Waals surface area contributed by atoms with Crippen molar-refractivity contribution in [2.24, 2.45) is 0 Å². The molecule has 3 nitrogen and oxygen atoms in total. The van der Waals surface area contributed by atoms with Crippen molar-refractivity contribution >= 4 is 27.2 Å². The van der Waals surface area contributed by atoms with Gasteiger partial charge in [-0.25, -0.2) is 4.98 Å². The minimum Gasteiger partial charge on any atom is -0.367 e. The van der Waals surface area contributed by atoms with Gasteiger partial charge in [-0.2, -0.15) is 0 Å². The molecular formula is C15H19N3S. The van der Waals surface area contributed by atoms with E-state index in [1.165, 1.54) is 42.2 Å². The molecule has 100 valence electrons. The molecule has 1 spiro atoms. The quantitative estimate of drug-likeness (QED) is 0.880. The summed E-state index contributed by atoms with van der Waals surface area (Å²) in [5.41, 5.74) is 0.443. The highest BCUT2D eigenvalue weighted by atomic mass is 32.1. The number of nitrogens with one attached hydrogen (secondary N) is 2. The number of hydrogen-bond donors (Lipinski definition) is 2. The smallest absolute Gasteiger partial charge is 0.134 e. The number of fused-ring (bicyclic) bond motifs is 1. The monoisotopic (exact) mass is 273 g/mol. The maximum absolute atomic E-state index is 4.54. The van der Waals surface area contributed by atoms with Gasteiger partial charge in [0.15, 0.2) is 0 Å². The van der Waals surface area contributed by atoms with Gasteiger partial charge in [0.2, 0.25) is 0 Å². The Labute approximate surface area is 117 Å². The Kier molecular flexibility index (Phi) is 2.74. The Bertz CT molecular complexity index is 588. The number of aromatic nitrogens is 1. The molecule has 0 radical (unpaired) electrons. The molecule has 3 heterocycles. The van der Waals surface area contributed by atoms with E-state index in [-0.39, 0.29) is 0 Å². The molecule has 1 saturated heterocycles. The number of anilines is 1. The summed E-state index contributed by atoms with van der Waals surface area (Å²) in [5, 5.41) is 10.8. The zero-order valence-corrected chi connectivity index (χ0v) is 11.8. The first-order valence-corrected chi connectivity index (χ1v) is 8.06. The van der Waals surface area contributed by atoms with Gasteiger partial charge >= 0.3 is 0 Å². The number of rotatable bonds is 2. The van der Waals surface area contributed by atoms with Gasteiger partial charge in [-0.15, -0.1) is 11.3 Å². The van der Waals surface area contributed by atoms with E-state index in [0.717, 1.165) is 12.4 Å². The van der Waals surface area contributed by atoms with E-state index in [2.05, 4.69) is 33.1 Å². The molecule has 2 aliphatic rings. The van der Waals surface area contributed by atoms with Gasteiger partial charge in [-0.05, 0) is 56.2 Å². The molecule has 2 fully saturated rings. The maximum Gasteiger partial charge on any atom is 0.134 e. The van der Waals surface area contributed by atoms with Crippen LogP contribution in [-0.2, 0) is 0 Å². The molecule has 1 saturated carbocycles. The average Bonchev–Trinajstić information content (AvgIpc) is 2.87. The number of nitrogens with zero attached hydrogens (tertiary/aromatic N) is 1. The standard InChI is InChI=1S/C15H19N3S/c1-5-15(6-1)10-11(2-8-17-15)18-14-12-4-9-19-13(12)3-7-16-14/h3-4,7,9,11,17H,1-2,5-6,8,10H2,(H,16,18). The van der Waals surface area contributed by atoms with Crippen LogP contribution in [0.2, 0.25) is 0 Å². The van der Waals surface area contributed by atoms with E-state index in [0.29, 0.717) is 11.6 Å². The Morgan fingerprint density at radius 1 is 1.37 bits per heavy atom. The van der Waals surface area contributed by atoms with Crippen LogP contribution < -0.4 is 10.6 Å². The summed E-state index contributed by atoms with van der Waals surface area (Å²) in [6.45, 7) is 1.14. The van der Waals surface area contributed by atoms with E-state index in [4.69, 9.17) is 0 Å². The fourth-order valence-corrected chi connectivity index (χ4v) is 4.25. The highest BCUT2D eigenvalue weighted by Gasteiger charge is 2.40. The summed E-state index contributed by atoms with van der Waals surface area (Å²) in [6.07, 6.45) is 8.45. The largest absolute Gasteiger partial charge is 0.367 e. The Morgan fingerprint density at radius 2 is 2.32 bits per heavy atom. The molecule has 4 rings (SSSR count). The lowest BCUT2D eigenvalue weighted by Crippen LogP contribution is -2.58. The number of hydrogen-bond acceptors (Lipinski definition) is 4. The second-order valence-corrected chi connectivity index (χ2v) is 6.83. The SMILES string of the molecule is c1cc2sccc2c(NC2CCNC3(CCC3)C2)n1. The van der Waals surface area contributed by atoms with Gasteiger partial charge in [-0.1, -0.05) is 0 Å². The maximum atomic E-state index is 4.54. The van der Waals surface area contributed by atoms with E-state index < -0.39 is 0 Å². The van der Waals surface area contributed by atoms with Gasteiger partial charge < -0.3 is 10.6 Å². The third-order valence-electron chi connectivity index (χ3n) is 4.66. The first-order chi connectivity index (χ1) is 9.35. The van der Waals surface area contributed by atoms with Gasteiger partial charge in [0.25, 0.3) is 0 Å². The van der Waals surface area contributed by atoms with Crippen LogP contribution in [0.1, 0.15) is 32.1 Å². The Hall–Kier alpha value is -1.13. The summed E-state index contributed by atoms with van der Waals surface area (Å²) in [6, 6.07) is 4.84. The van der Waals surface area contributed by atoms with Crippen molar-refractivity contribution in [2.45, 2.75) is 43.7 Å². The molecule has 2 aromatic heterocycles. The van der Waals surface area contributed by atoms with Crippen LogP contribution in [0.4, 0.5) is 5.82 Å². The van der Waals surface area contributed by atoms with E-state index in [9.17, 15) is 0 Å². The minimum atomic E-state index is 0.443. The minimum absolute atomic E-state index is 0.443. The van der Waals surface area contributed by atoms with Crippen LogP contribution in [0.25, 0.3) is 10.1 Å². The molecule has 4 heteroatoms. The van der Waals surface area contributed by atoms with Crippen molar-refractivity contribution in [1.82, 2.24) is 10.3 Å². The molecule has 2 aromatic rings. The summed E-state index contributed by atoms with van der Waals surface area (Å²) in [5.74, 6) is 1.07. The van der Waals surface area contributed by atoms with Crippen LogP contribution in [0, 0.1) is 0 Å². The lowest BCUT2D eigenvalue weighted by atomic mass is 9.70. The second-order valence-electron chi connectivity index (χ2n) is 5.89. The second kappa shape index (κ2) is 4.46. The molecule has 1 aliphatic heterocycles. The fraction of sp³-hybridized carbons (Fsp3) is 0.533. The molecule has 1 unspecified atom stereocenters. The van der Waals surface area contributed by atoms with Crippen molar-refractivity contribution in [3.63, 3.8) is 0 Å². The fourth-order valence-electron chi connectivity index (χ4n) is 3.47. The van der Waals surface area contributed by atoms with Gasteiger partial charge in [0.05, 0.1) is 0 Å². The van der Waals surface area contributed by atoms with Crippen LogP contribution in [0.3, 0.4) is 0 Å². The summed E-state index contributed by atoms with van der Waals surface area (Å²) in [4.78, 5) is 4.54. The van der Waals surface area contributed by atoms with E-state index in [1.54, 1.807) is 11.3 Å². The molecular weight excluding hydrogens is 254 g/mol. The molecule has 19 heavy (non-hydrogen) atoms. The van der Waals surface area contributed by atoms with Crippen LogP contribution >= 0.6 is 11.3 Å². The highest BCUT2D eigenvalue weighted by molar-refractivity contribution is 7.17. The normalized spacial score (nSPS) is 25.4. The van der Waals surface area contributed by atoms with Gasteiger partial charge in [0.1, 0.15) is 5.82 Å². The van der Waals surface area contributed by atoms with E-state index >= 15 is 0 Å². The van der Waals surface area contributed by atoms with Crippen molar-refractivity contribution in [3.8, 4) is 0 Å². The third-order valence-corrected chi connectivity index (χ3v) is 5.54. The molecule has 0 amide bonds. The molecule has 0 bridgehead atoms. The number of pyridine rings is 1. The summed E-state index contributed by atoms with van der Waals surface area (Å²) < 4.78 is 1.32. The Morgan fingerprint density at radius 3 is 3.16 bits per heavy atom. The zero-order chi connectivity index (χ0) is 12.7. The highest BCUT2D eigenvalue weighted by Crippen LogP contribution is 2.39. The molecule has 0 aromatic carbocycles. The van der Waals surface area contributed by atoms with Crippen molar-refractivity contribution in [2.75, 3.05) is 11.9 Å². The first-order valence-electron chi connectivity index (χ1n) is 7.19. The number of thiophene rings is 1. The van der Waals surface area contributed by atoms with E-state index in [1.807, 2.05) is 6.20 Å². The van der Waals surface area contributed by atoms with Crippen molar-refractivity contribution in [1.29, 1.82) is 0 Å². The topological polar surface area (TPSA) is 37.0 Å². The number of piperidine rings is 1. The predicted molar refractivity (Wildman–Crippen MR) is 80.8 cm³/mol. The zero-order valence-electron chi connectivity index (χ0n) is 11.0. The van der Waals surface area contributed by atoms with Crippen molar-refractivity contribution in [3.05, 3.63) is 23.7 Å². The third kappa shape index (κ3) is 2.03. The van der Waals surface area contributed by atoms with Gasteiger partial charge in [-0.3, -0.25) is 0 Å². The van der Waals surface area contributed by atoms with Crippen LogP contribution in [-0.4, -0.2) is 23.1 Å². The predicted octanol–water partition coefficient (Wildman–Crippen LogP) is 3.38.